The van der Waals surface area contributed by atoms with Crippen LogP contribution in [0.1, 0.15) is 6.42 Å². The zero-order valence-corrected chi connectivity index (χ0v) is 13.4. The van der Waals surface area contributed by atoms with Gasteiger partial charge in [-0.15, -0.1) is 12.6 Å². The van der Waals surface area contributed by atoms with Gasteiger partial charge in [0.25, 0.3) is 0 Å². The van der Waals surface area contributed by atoms with Crippen molar-refractivity contribution < 1.29 is 79.0 Å². The van der Waals surface area contributed by atoms with Crippen molar-refractivity contribution in [3.05, 3.63) is 0 Å². The standard InChI is InChI=1S/C10H4F18S/c11-2(29)1-3(12,13)4(14,15)5(16,17)6(18,19)7(20,21)8(22,23)9(24,25)10(26,27)28/h2,29H,1H2. The lowest BCUT2D eigenvalue weighted by molar-refractivity contribution is -0.461. The van der Waals surface area contributed by atoms with Crippen LogP contribution in [0.25, 0.3) is 0 Å². The molecule has 29 heavy (non-hydrogen) atoms. The van der Waals surface area contributed by atoms with Crippen molar-refractivity contribution in [3.8, 4) is 0 Å². The van der Waals surface area contributed by atoms with Gasteiger partial charge >= 0.3 is 47.6 Å². The summed E-state index contributed by atoms with van der Waals surface area (Å²) in [4.78, 5) is 0. The van der Waals surface area contributed by atoms with Gasteiger partial charge in [0.2, 0.25) is 0 Å². The topological polar surface area (TPSA) is 0 Å². The molecule has 0 aromatic carbocycles. The van der Waals surface area contributed by atoms with Crippen LogP contribution in [0.2, 0.25) is 0 Å². The maximum Gasteiger partial charge on any atom is 0.460 e. The number of hydrogen-bond donors (Lipinski definition) is 1. The van der Waals surface area contributed by atoms with Crippen molar-refractivity contribution in [1.29, 1.82) is 0 Å². The number of rotatable bonds is 8. The van der Waals surface area contributed by atoms with E-state index in [1.54, 1.807) is 0 Å². The molecule has 0 fully saturated rings. The van der Waals surface area contributed by atoms with Crippen LogP contribution >= 0.6 is 12.6 Å². The molecule has 0 bridgehead atoms. The molecule has 0 rings (SSSR count). The van der Waals surface area contributed by atoms with Gasteiger partial charge in [-0.3, -0.25) is 0 Å². The van der Waals surface area contributed by atoms with Gasteiger partial charge in [-0.2, -0.15) is 74.6 Å². The summed E-state index contributed by atoms with van der Waals surface area (Å²) in [6.45, 7) is 0. The molecule has 0 saturated heterocycles. The van der Waals surface area contributed by atoms with Crippen LogP contribution in [0.5, 0.6) is 0 Å². The summed E-state index contributed by atoms with van der Waals surface area (Å²) in [6.07, 6.45) is -11.0. The van der Waals surface area contributed by atoms with Crippen molar-refractivity contribution in [2.75, 3.05) is 0 Å². The Morgan fingerprint density at radius 2 is 0.690 bits per heavy atom. The van der Waals surface area contributed by atoms with Crippen molar-refractivity contribution >= 4 is 12.6 Å². The molecule has 0 aromatic rings. The quantitative estimate of drug-likeness (QED) is 0.283. The second kappa shape index (κ2) is 7.06. The highest BCUT2D eigenvalue weighted by Gasteiger charge is 2.95. The van der Waals surface area contributed by atoms with Gasteiger partial charge in [0.1, 0.15) is 5.50 Å². The van der Waals surface area contributed by atoms with E-state index in [2.05, 4.69) is 12.6 Å². The van der Waals surface area contributed by atoms with Gasteiger partial charge in [0.15, 0.2) is 0 Å². The molecule has 0 amide bonds. The maximum absolute atomic E-state index is 13.2. The highest BCUT2D eigenvalue weighted by molar-refractivity contribution is 7.80. The van der Waals surface area contributed by atoms with E-state index >= 15 is 0 Å². The zero-order chi connectivity index (χ0) is 24.3. The van der Waals surface area contributed by atoms with E-state index in [4.69, 9.17) is 0 Å². The predicted molar refractivity (Wildman–Crippen MR) is 59.2 cm³/mol. The van der Waals surface area contributed by atoms with Crippen LogP contribution in [-0.2, 0) is 0 Å². The van der Waals surface area contributed by atoms with Crippen LogP contribution in [0.4, 0.5) is 79.0 Å². The average molecular weight is 498 g/mol. The summed E-state index contributed by atoms with van der Waals surface area (Å²) in [5.74, 6) is -57.1. The Balaban J connectivity index is 6.65. The summed E-state index contributed by atoms with van der Waals surface area (Å²) >= 11 is 2.36. The number of thiol groups is 1. The Morgan fingerprint density at radius 3 is 0.931 bits per heavy atom. The van der Waals surface area contributed by atoms with E-state index in [0.717, 1.165) is 0 Å². The minimum Gasteiger partial charge on any atom is -0.236 e. The fourth-order valence-corrected chi connectivity index (χ4v) is 1.77. The van der Waals surface area contributed by atoms with Crippen molar-refractivity contribution in [1.82, 2.24) is 0 Å². The van der Waals surface area contributed by atoms with Crippen LogP contribution in [-0.4, -0.2) is 53.1 Å². The SMILES string of the molecule is FC(S)CC(F)(F)C(F)(F)C(F)(F)C(F)(F)C(F)(F)C(F)(F)C(F)(F)C(F)(F)F. The molecule has 0 radical (unpaired) electrons. The molecule has 19 heteroatoms. The first-order valence-electron chi connectivity index (χ1n) is 6.20. The molecule has 0 aliphatic rings. The third-order valence-electron chi connectivity index (χ3n) is 3.21. The van der Waals surface area contributed by atoms with Gasteiger partial charge in [-0.25, -0.2) is 4.39 Å². The lowest BCUT2D eigenvalue weighted by atomic mass is 9.88. The molecule has 0 N–H and O–H groups in total. The summed E-state index contributed by atoms with van der Waals surface area (Å²) in [7, 11) is 0. The number of hydrogen-bond acceptors (Lipinski definition) is 1. The van der Waals surface area contributed by atoms with Crippen LogP contribution < -0.4 is 0 Å². The Bertz CT molecular complexity index is 586. The van der Waals surface area contributed by atoms with Crippen LogP contribution in [0, 0.1) is 0 Å². The normalized spacial score (nSPS) is 17.5. The minimum absolute atomic E-state index is 2.36. The van der Waals surface area contributed by atoms with E-state index in [-0.39, 0.29) is 0 Å². The molecule has 176 valence electrons. The average Bonchev–Trinajstić information content (AvgIpc) is 2.43. The first-order valence-corrected chi connectivity index (χ1v) is 6.72. The zero-order valence-electron chi connectivity index (χ0n) is 12.5. The number of alkyl halides is 18. The molecular weight excluding hydrogens is 494 g/mol. The third-order valence-corrected chi connectivity index (χ3v) is 3.39. The van der Waals surface area contributed by atoms with Crippen molar-refractivity contribution in [2.24, 2.45) is 0 Å². The predicted octanol–water partition coefficient (Wildman–Crippen LogP) is 6.61. The van der Waals surface area contributed by atoms with Crippen molar-refractivity contribution in [2.45, 2.75) is 59.6 Å². The Labute approximate surface area is 152 Å². The van der Waals surface area contributed by atoms with Gasteiger partial charge in [0.05, 0.1) is 6.42 Å². The lowest BCUT2D eigenvalue weighted by Crippen LogP contribution is -2.74. The monoisotopic (exact) mass is 498 g/mol. The first kappa shape index (κ1) is 28.1. The molecule has 0 aliphatic carbocycles. The summed E-state index contributed by atoms with van der Waals surface area (Å²) in [6, 6.07) is 0. The molecule has 0 spiro atoms. The summed E-state index contributed by atoms with van der Waals surface area (Å²) in [5, 5.41) is 0. The molecule has 1 atom stereocenters. The molecule has 0 aliphatic heterocycles. The summed E-state index contributed by atoms with van der Waals surface area (Å²) in [5.41, 5.74) is -3.50. The molecular formula is C10H4F18S. The molecule has 0 saturated carbocycles. The minimum atomic E-state index is -8.68. The second-order valence-corrected chi connectivity index (χ2v) is 5.85. The molecule has 0 heterocycles. The van der Waals surface area contributed by atoms with Gasteiger partial charge in [-0.1, -0.05) is 0 Å². The van der Waals surface area contributed by atoms with Crippen LogP contribution in [0.15, 0.2) is 0 Å². The summed E-state index contributed by atoms with van der Waals surface area (Å²) < 4.78 is 229. The van der Waals surface area contributed by atoms with E-state index in [1.165, 1.54) is 0 Å². The maximum atomic E-state index is 13.2. The molecule has 0 nitrogen and oxygen atoms in total. The smallest absolute Gasteiger partial charge is 0.236 e. The fourth-order valence-electron chi connectivity index (χ4n) is 1.54. The first-order chi connectivity index (χ1) is 12.2. The fraction of sp³-hybridized carbons (Fsp3) is 1.00. The van der Waals surface area contributed by atoms with Gasteiger partial charge < -0.3 is 0 Å². The van der Waals surface area contributed by atoms with Gasteiger partial charge in [-0.05, 0) is 0 Å². The highest BCUT2D eigenvalue weighted by atomic mass is 32.1. The highest BCUT2D eigenvalue weighted by Crippen LogP contribution is 2.64. The Morgan fingerprint density at radius 1 is 0.448 bits per heavy atom. The third kappa shape index (κ3) is 3.79. The van der Waals surface area contributed by atoms with E-state index in [1.807, 2.05) is 0 Å². The lowest BCUT2D eigenvalue weighted by Gasteiger charge is -2.42. The van der Waals surface area contributed by atoms with Gasteiger partial charge in [0, 0.05) is 0 Å². The Kier molecular flexibility index (Phi) is 6.84. The molecule has 0 aromatic heterocycles. The number of halogens is 18. The molecule has 1 unspecified atom stereocenters. The Hall–Kier alpha value is -0.910. The van der Waals surface area contributed by atoms with Crippen LogP contribution in [0.3, 0.4) is 0 Å². The second-order valence-electron chi connectivity index (χ2n) is 5.29. The largest absolute Gasteiger partial charge is 0.460 e. The van der Waals surface area contributed by atoms with Crippen molar-refractivity contribution in [3.63, 3.8) is 0 Å². The van der Waals surface area contributed by atoms with E-state index in [9.17, 15) is 79.0 Å². The van der Waals surface area contributed by atoms with E-state index in [0.29, 0.717) is 0 Å². The van der Waals surface area contributed by atoms with E-state index < -0.39 is 59.6 Å².